The zero-order valence-corrected chi connectivity index (χ0v) is 7.46. The van der Waals surface area contributed by atoms with Crippen LogP contribution < -0.4 is 0 Å². The summed E-state index contributed by atoms with van der Waals surface area (Å²) < 4.78 is 0.280. The quantitative estimate of drug-likeness (QED) is 0.582. The maximum Gasteiger partial charge on any atom is 0.0258 e. The molecule has 0 N–H and O–H groups in total. The Bertz CT molecular complexity index is 57.4. The van der Waals surface area contributed by atoms with E-state index >= 15 is 0 Å². The molecule has 8 heavy (non-hydrogen) atoms. The van der Waals surface area contributed by atoms with Gasteiger partial charge in [0.05, 0.1) is 0 Å². The summed E-state index contributed by atoms with van der Waals surface area (Å²) in [5.41, 5.74) is 0. The number of halogens is 1. The predicted molar refractivity (Wildman–Crippen MR) is 42.2 cm³/mol. The summed E-state index contributed by atoms with van der Waals surface area (Å²) >= 11 is 3.59. The Balaban J connectivity index is 3.37. The number of hydrogen-bond acceptors (Lipinski definition) is 0. The lowest BCUT2D eigenvalue weighted by molar-refractivity contribution is 0.694. The van der Waals surface area contributed by atoms with E-state index in [0.717, 1.165) is 6.42 Å². The molecule has 1 radical (unpaired) electrons. The molecule has 0 aromatic heterocycles. The molecular formula is C7H14Br. The molecule has 1 atom stereocenters. The highest BCUT2D eigenvalue weighted by Gasteiger charge is 2.14. The molecule has 1 unspecified atom stereocenters. The van der Waals surface area contributed by atoms with E-state index in [1.165, 1.54) is 6.42 Å². The molecule has 0 rings (SSSR count). The van der Waals surface area contributed by atoms with Gasteiger partial charge in [0.1, 0.15) is 0 Å². The standard InChI is InChI=1S/C7H14Br/c1-4-6-7(3,8)5-2/h6H,4-5H2,1-3H3. The first-order valence-electron chi connectivity index (χ1n) is 3.15. The summed E-state index contributed by atoms with van der Waals surface area (Å²) in [6.45, 7) is 6.53. The Hall–Kier alpha value is 0.480. The highest BCUT2D eigenvalue weighted by atomic mass is 79.9. The lowest BCUT2D eigenvalue weighted by atomic mass is 10.0. The maximum absolute atomic E-state index is 3.59. The van der Waals surface area contributed by atoms with Crippen LogP contribution in [0.25, 0.3) is 0 Å². The van der Waals surface area contributed by atoms with E-state index in [4.69, 9.17) is 0 Å². The van der Waals surface area contributed by atoms with E-state index in [1.807, 2.05) is 0 Å². The fourth-order valence-electron chi connectivity index (χ4n) is 0.570. The van der Waals surface area contributed by atoms with Gasteiger partial charge < -0.3 is 0 Å². The lowest BCUT2D eigenvalue weighted by Gasteiger charge is -2.17. The zero-order chi connectivity index (χ0) is 6.62. The molecule has 0 fully saturated rings. The van der Waals surface area contributed by atoms with Crippen LogP contribution in [0.1, 0.15) is 33.6 Å². The fourth-order valence-corrected chi connectivity index (χ4v) is 0.894. The van der Waals surface area contributed by atoms with E-state index in [1.54, 1.807) is 0 Å². The average molecular weight is 178 g/mol. The Labute approximate surface area is 60.8 Å². The molecule has 0 heterocycles. The molecule has 0 amide bonds. The zero-order valence-electron chi connectivity index (χ0n) is 5.87. The van der Waals surface area contributed by atoms with Crippen LogP contribution in [0.2, 0.25) is 0 Å². The van der Waals surface area contributed by atoms with Crippen molar-refractivity contribution in [1.82, 2.24) is 0 Å². The van der Waals surface area contributed by atoms with Crippen molar-refractivity contribution in [1.29, 1.82) is 0 Å². The normalized spacial score (nSPS) is 18.0. The Morgan fingerprint density at radius 3 is 2.12 bits per heavy atom. The van der Waals surface area contributed by atoms with Gasteiger partial charge in [0.25, 0.3) is 0 Å². The second kappa shape index (κ2) is 3.49. The minimum Gasteiger partial charge on any atom is -0.0853 e. The largest absolute Gasteiger partial charge is 0.0853 e. The fraction of sp³-hybridized carbons (Fsp3) is 0.857. The molecule has 0 bridgehead atoms. The van der Waals surface area contributed by atoms with Crippen molar-refractivity contribution in [3.05, 3.63) is 6.42 Å². The molecule has 0 spiro atoms. The van der Waals surface area contributed by atoms with Crippen molar-refractivity contribution in [2.24, 2.45) is 0 Å². The van der Waals surface area contributed by atoms with E-state index in [0.29, 0.717) is 0 Å². The summed E-state index contributed by atoms with van der Waals surface area (Å²) in [5, 5.41) is 0. The highest BCUT2D eigenvalue weighted by Crippen LogP contribution is 2.25. The minimum atomic E-state index is 0.280. The number of alkyl halides is 1. The van der Waals surface area contributed by atoms with Crippen LogP contribution in [0.4, 0.5) is 0 Å². The van der Waals surface area contributed by atoms with Gasteiger partial charge in [-0.1, -0.05) is 36.2 Å². The smallest absolute Gasteiger partial charge is 0.0258 e. The van der Waals surface area contributed by atoms with E-state index in [-0.39, 0.29) is 4.32 Å². The van der Waals surface area contributed by atoms with Crippen molar-refractivity contribution in [2.45, 2.75) is 37.9 Å². The SMILES string of the molecule is CC[CH]C(C)(Br)CC. The highest BCUT2D eigenvalue weighted by molar-refractivity contribution is 9.10. The Kier molecular flexibility index (Phi) is 3.70. The van der Waals surface area contributed by atoms with Crippen LogP contribution in [0.5, 0.6) is 0 Å². The molecule has 0 aliphatic rings. The van der Waals surface area contributed by atoms with Crippen LogP contribution in [-0.4, -0.2) is 4.32 Å². The second-order valence-electron chi connectivity index (χ2n) is 2.24. The Morgan fingerprint density at radius 2 is 2.00 bits per heavy atom. The van der Waals surface area contributed by atoms with Gasteiger partial charge in [-0.25, -0.2) is 0 Å². The number of rotatable bonds is 3. The summed E-state index contributed by atoms with van der Waals surface area (Å²) in [5.74, 6) is 0. The third-order valence-corrected chi connectivity index (χ3v) is 2.21. The molecule has 0 saturated heterocycles. The molecule has 0 aliphatic carbocycles. The third kappa shape index (κ3) is 3.48. The molecule has 0 saturated carbocycles. The molecular weight excluding hydrogens is 164 g/mol. The van der Waals surface area contributed by atoms with Crippen molar-refractivity contribution >= 4 is 15.9 Å². The van der Waals surface area contributed by atoms with Crippen LogP contribution in [-0.2, 0) is 0 Å². The van der Waals surface area contributed by atoms with Crippen molar-refractivity contribution < 1.29 is 0 Å². The molecule has 0 aliphatic heterocycles. The van der Waals surface area contributed by atoms with E-state index in [9.17, 15) is 0 Å². The first kappa shape index (κ1) is 8.48. The predicted octanol–water partition coefficient (Wildman–Crippen LogP) is 3.16. The molecule has 0 aromatic carbocycles. The van der Waals surface area contributed by atoms with Gasteiger partial charge in [-0.3, -0.25) is 0 Å². The lowest BCUT2D eigenvalue weighted by Crippen LogP contribution is -2.13. The third-order valence-electron chi connectivity index (χ3n) is 1.32. The van der Waals surface area contributed by atoms with Crippen LogP contribution in [0, 0.1) is 6.42 Å². The van der Waals surface area contributed by atoms with Crippen LogP contribution >= 0.6 is 15.9 Å². The Morgan fingerprint density at radius 1 is 1.50 bits per heavy atom. The molecule has 1 heteroatoms. The number of hydrogen-bond donors (Lipinski definition) is 0. The van der Waals surface area contributed by atoms with E-state index < -0.39 is 0 Å². The maximum atomic E-state index is 3.59. The first-order valence-corrected chi connectivity index (χ1v) is 3.95. The van der Waals surface area contributed by atoms with Crippen molar-refractivity contribution in [3.8, 4) is 0 Å². The summed E-state index contributed by atoms with van der Waals surface area (Å²) in [7, 11) is 0. The van der Waals surface area contributed by atoms with Gasteiger partial charge in [-0.2, -0.15) is 0 Å². The van der Waals surface area contributed by atoms with Gasteiger partial charge in [0.2, 0.25) is 0 Å². The first-order chi connectivity index (χ1) is 3.62. The van der Waals surface area contributed by atoms with Gasteiger partial charge >= 0.3 is 0 Å². The van der Waals surface area contributed by atoms with Gasteiger partial charge in [0, 0.05) is 4.32 Å². The van der Waals surface area contributed by atoms with Gasteiger partial charge in [-0.05, 0) is 19.8 Å². The summed E-state index contributed by atoms with van der Waals surface area (Å²) in [6, 6.07) is 0. The van der Waals surface area contributed by atoms with Crippen LogP contribution in [0.3, 0.4) is 0 Å². The average Bonchev–Trinajstić information content (AvgIpc) is 1.67. The second-order valence-corrected chi connectivity index (χ2v) is 4.06. The summed E-state index contributed by atoms with van der Waals surface area (Å²) in [6.07, 6.45) is 4.60. The van der Waals surface area contributed by atoms with Gasteiger partial charge in [0.15, 0.2) is 0 Å². The topological polar surface area (TPSA) is 0 Å². The summed E-state index contributed by atoms with van der Waals surface area (Å²) in [4.78, 5) is 0. The van der Waals surface area contributed by atoms with Gasteiger partial charge in [-0.15, -0.1) is 0 Å². The van der Waals surface area contributed by atoms with E-state index in [2.05, 4.69) is 43.1 Å². The van der Waals surface area contributed by atoms with Crippen molar-refractivity contribution in [3.63, 3.8) is 0 Å². The van der Waals surface area contributed by atoms with Crippen molar-refractivity contribution in [2.75, 3.05) is 0 Å². The molecule has 0 nitrogen and oxygen atoms in total. The minimum absolute atomic E-state index is 0.280. The molecule has 49 valence electrons. The van der Waals surface area contributed by atoms with Crippen LogP contribution in [0.15, 0.2) is 0 Å². The monoisotopic (exact) mass is 177 g/mol. The molecule has 0 aromatic rings.